The lowest BCUT2D eigenvalue weighted by molar-refractivity contribution is -0.125. The van der Waals surface area contributed by atoms with Gasteiger partial charge in [-0.3, -0.25) is 4.79 Å². The molecule has 0 aromatic carbocycles. The summed E-state index contributed by atoms with van der Waals surface area (Å²) in [4.78, 5) is 14.3. The molecule has 1 saturated heterocycles. The van der Waals surface area contributed by atoms with Gasteiger partial charge in [0.1, 0.15) is 0 Å². The molecule has 1 aliphatic heterocycles. The number of rotatable bonds is 7. The van der Waals surface area contributed by atoms with Crippen molar-refractivity contribution in [3.8, 4) is 0 Å². The summed E-state index contributed by atoms with van der Waals surface area (Å²) in [6.45, 7) is 9.52. The van der Waals surface area contributed by atoms with Crippen molar-refractivity contribution in [3.63, 3.8) is 0 Å². The molecule has 2 atom stereocenters. The van der Waals surface area contributed by atoms with Gasteiger partial charge in [-0.05, 0) is 38.1 Å². The first-order valence-corrected chi connectivity index (χ1v) is 7.70. The number of likely N-dealkylation sites (tertiary alicyclic amines) is 1. The molecule has 4 heteroatoms. The fourth-order valence-corrected chi connectivity index (χ4v) is 2.86. The highest BCUT2D eigenvalue weighted by atomic mass is 16.2. The highest BCUT2D eigenvalue weighted by Gasteiger charge is 2.27. The molecule has 1 heterocycles. The maximum Gasteiger partial charge on any atom is 0.222 e. The van der Waals surface area contributed by atoms with Crippen LogP contribution >= 0.6 is 0 Å². The van der Waals surface area contributed by atoms with Crippen LogP contribution in [0.1, 0.15) is 46.5 Å². The minimum absolute atomic E-state index is 0.0532. The highest BCUT2D eigenvalue weighted by Crippen LogP contribution is 2.21. The van der Waals surface area contributed by atoms with Crippen LogP contribution in [-0.4, -0.2) is 48.2 Å². The van der Waals surface area contributed by atoms with Crippen molar-refractivity contribution in [1.29, 1.82) is 0 Å². The number of carbonyl (C=O) groups is 1. The number of hydrogen-bond donors (Lipinski definition) is 2. The van der Waals surface area contributed by atoms with Crippen molar-refractivity contribution < 1.29 is 9.90 Å². The van der Waals surface area contributed by atoms with E-state index in [0.717, 1.165) is 45.3 Å². The topological polar surface area (TPSA) is 52.6 Å². The van der Waals surface area contributed by atoms with E-state index in [0.29, 0.717) is 5.92 Å². The van der Waals surface area contributed by atoms with E-state index in [1.54, 1.807) is 0 Å². The quantitative estimate of drug-likeness (QED) is 0.739. The lowest BCUT2D eigenvalue weighted by Crippen LogP contribution is -2.51. The summed E-state index contributed by atoms with van der Waals surface area (Å²) < 4.78 is 0. The summed E-state index contributed by atoms with van der Waals surface area (Å²) in [5.74, 6) is 0.812. The van der Waals surface area contributed by atoms with E-state index in [1.807, 2.05) is 13.8 Å². The predicted molar refractivity (Wildman–Crippen MR) is 77.9 cm³/mol. The SMILES string of the molecule is CCCN1CC(CCCO)CC(NC(=O)C(C)C)C1. The van der Waals surface area contributed by atoms with Gasteiger partial charge < -0.3 is 15.3 Å². The van der Waals surface area contributed by atoms with Crippen LogP contribution in [0.4, 0.5) is 0 Å². The molecule has 2 unspecified atom stereocenters. The largest absolute Gasteiger partial charge is 0.396 e. The van der Waals surface area contributed by atoms with Crippen molar-refractivity contribution in [1.82, 2.24) is 10.2 Å². The zero-order chi connectivity index (χ0) is 14.3. The molecular weight excluding hydrogens is 240 g/mol. The average molecular weight is 270 g/mol. The molecular formula is C15H30N2O2. The minimum Gasteiger partial charge on any atom is -0.396 e. The lowest BCUT2D eigenvalue weighted by Gasteiger charge is -2.38. The van der Waals surface area contributed by atoms with Gasteiger partial charge in [-0.2, -0.15) is 0 Å². The van der Waals surface area contributed by atoms with Crippen molar-refractivity contribution in [2.75, 3.05) is 26.2 Å². The Bertz CT molecular complexity index is 269. The van der Waals surface area contributed by atoms with Gasteiger partial charge in [0.05, 0.1) is 0 Å². The van der Waals surface area contributed by atoms with Gasteiger partial charge in [0.15, 0.2) is 0 Å². The van der Waals surface area contributed by atoms with Crippen LogP contribution in [0.3, 0.4) is 0 Å². The summed E-state index contributed by atoms with van der Waals surface area (Å²) in [5, 5.41) is 12.1. The smallest absolute Gasteiger partial charge is 0.222 e. The Morgan fingerprint density at radius 3 is 2.74 bits per heavy atom. The maximum atomic E-state index is 11.8. The minimum atomic E-state index is 0.0532. The molecule has 0 aromatic heterocycles. The number of amides is 1. The summed E-state index contributed by atoms with van der Waals surface area (Å²) in [6.07, 6.45) is 4.14. The number of carbonyl (C=O) groups excluding carboxylic acids is 1. The maximum absolute atomic E-state index is 11.8. The molecule has 0 radical (unpaired) electrons. The van der Waals surface area contributed by atoms with Gasteiger partial charge in [0.25, 0.3) is 0 Å². The van der Waals surface area contributed by atoms with Crippen molar-refractivity contribution in [3.05, 3.63) is 0 Å². The van der Waals surface area contributed by atoms with Crippen LogP contribution < -0.4 is 5.32 Å². The predicted octanol–water partition coefficient (Wildman–Crippen LogP) is 1.63. The van der Waals surface area contributed by atoms with E-state index in [2.05, 4.69) is 17.1 Å². The molecule has 0 saturated carbocycles. The fourth-order valence-electron chi connectivity index (χ4n) is 2.86. The van der Waals surface area contributed by atoms with Crippen molar-refractivity contribution in [2.24, 2.45) is 11.8 Å². The van der Waals surface area contributed by atoms with Crippen LogP contribution in [0.25, 0.3) is 0 Å². The Kier molecular flexibility index (Phi) is 7.39. The van der Waals surface area contributed by atoms with Crippen LogP contribution in [0.2, 0.25) is 0 Å². The van der Waals surface area contributed by atoms with Gasteiger partial charge in [-0.25, -0.2) is 0 Å². The van der Waals surface area contributed by atoms with E-state index >= 15 is 0 Å². The molecule has 4 nitrogen and oxygen atoms in total. The molecule has 112 valence electrons. The van der Waals surface area contributed by atoms with Gasteiger partial charge in [-0.1, -0.05) is 20.8 Å². The van der Waals surface area contributed by atoms with E-state index in [1.165, 1.54) is 0 Å². The molecule has 0 spiro atoms. The van der Waals surface area contributed by atoms with Gasteiger partial charge in [0.2, 0.25) is 5.91 Å². The van der Waals surface area contributed by atoms with E-state index in [9.17, 15) is 4.79 Å². The van der Waals surface area contributed by atoms with Gasteiger partial charge in [0, 0.05) is 31.7 Å². The van der Waals surface area contributed by atoms with Crippen LogP contribution in [-0.2, 0) is 4.79 Å². The van der Waals surface area contributed by atoms with E-state index in [-0.39, 0.29) is 24.5 Å². The van der Waals surface area contributed by atoms with E-state index in [4.69, 9.17) is 5.11 Å². The third kappa shape index (κ3) is 5.91. The Morgan fingerprint density at radius 1 is 1.42 bits per heavy atom. The normalized spacial score (nSPS) is 24.7. The number of nitrogens with one attached hydrogen (secondary N) is 1. The van der Waals surface area contributed by atoms with Crippen LogP contribution in [0.5, 0.6) is 0 Å². The monoisotopic (exact) mass is 270 g/mol. The molecule has 2 N–H and O–H groups in total. The molecule has 0 aliphatic carbocycles. The number of piperidine rings is 1. The van der Waals surface area contributed by atoms with Gasteiger partial charge >= 0.3 is 0 Å². The first-order valence-electron chi connectivity index (χ1n) is 7.70. The second kappa shape index (κ2) is 8.54. The molecule has 19 heavy (non-hydrogen) atoms. The molecule has 1 fully saturated rings. The number of aliphatic hydroxyl groups is 1. The summed E-state index contributed by atoms with van der Waals surface area (Å²) in [5.41, 5.74) is 0. The van der Waals surface area contributed by atoms with Crippen LogP contribution in [0.15, 0.2) is 0 Å². The number of aliphatic hydroxyl groups excluding tert-OH is 1. The van der Waals surface area contributed by atoms with Crippen molar-refractivity contribution >= 4 is 5.91 Å². The first-order chi connectivity index (χ1) is 9.06. The zero-order valence-corrected chi connectivity index (χ0v) is 12.7. The third-order valence-electron chi connectivity index (χ3n) is 3.79. The van der Waals surface area contributed by atoms with Crippen molar-refractivity contribution in [2.45, 2.75) is 52.5 Å². The molecule has 1 amide bonds. The van der Waals surface area contributed by atoms with Crippen LogP contribution in [0, 0.1) is 11.8 Å². The fraction of sp³-hybridized carbons (Fsp3) is 0.933. The molecule has 0 bridgehead atoms. The number of nitrogens with zero attached hydrogens (tertiary/aromatic N) is 1. The molecule has 1 aliphatic rings. The Balaban J connectivity index is 2.51. The second-order valence-corrected chi connectivity index (χ2v) is 6.09. The standard InChI is InChI=1S/C15H30N2O2/c1-4-7-17-10-13(6-5-8-18)9-14(11-17)16-15(19)12(2)3/h12-14,18H,4-11H2,1-3H3,(H,16,19). The Hall–Kier alpha value is -0.610. The Morgan fingerprint density at radius 2 is 2.16 bits per heavy atom. The third-order valence-corrected chi connectivity index (χ3v) is 3.79. The molecule has 1 rings (SSSR count). The lowest BCUT2D eigenvalue weighted by atomic mass is 9.90. The van der Waals surface area contributed by atoms with Gasteiger partial charge in [-0.15, -0.1) is 0 Å². The zero-order valence-electron chi connectivity index (χ0n) is 12.7. The summed E-state index contributed by atoms with van der Waals surface area (Å²) in [6, 6.07) is 0.277. The molecule has 0 aromatic rings. The average Bonchev–Trinajstić information content (AvgIpc) is 2.36. The Labute approximate surface area is 117 Å². The van der Waals surface area contributed by atoms with E-state index < -0.39 is 0 Å². The first kappa shape index (κ1) is 16.4. The highest BCUT2D eigenvalue weighted by molar-refractivity contribution is 5.78. The second-order valence-electron chi connectivity index (χ2n) is 6.09. The summed E-state index contributed by atoms with van der Waals surface area (Å²) in [7, 11) is 0. The summed E-state index contributed by atoms with van der Waals surface area (Å²) >= 11 is 0. The number of hydrogen-bond acceptors (Lipinski definition) is 3.